The highest BCUT2D eigenvalue weighted by Crippen LogP contribution is 2.29. The number of rotatable bonds is 5. The standard InChI is InChI=1S/C18H28N2O/c1-13-5-4-6-14(2)18(13)21-10-9-20(3)17-11-15-7-8-16(12-17)19-15/h4-6,15-17,19H,7-12H2,1-3H3. The molecule has 116 valence electrons. The van der Waals surface area contributed by atoms with Gasteiger partial charge in [0.2, 0.25) is 0 Å². The largest absolute Gasteiger partial charge is 0.492 e. The lowest BCUT2D eigenvalue weighted by Gasteiger charge is -2.35. The highest BCUT2D eigenvalue weighted by molar-refractivity contribution is 5.39. The molecular formula is C18H28N2O. The fourth-order valence-electron chi connectivity index (χ4n) is 3.89. The summed E-state index contributed by atoms with van der Waals surface area (Å²) in [5.74, 6) is 1.07. The Morgan fingerprint density at radius 2 is 1.76 bits per heavy atom. The van der Waals surface area contributed by atoms with Gasteiger partial charge in [-0.3, -0.25) is 4.90 Å². The first kappa shape index (κ1) is 14.9. The first-order chi connectivity index (χ1) is 10.1. The lowest BCUT2D eigenvalue weighted by atomic mass is 9.99. The molecule has 2 aliphatic rings. The van der Waals surface area contributed by atoms with E-state index in [1.165, 1.54) is 36.8 Å². The van der Waals surface area contributed by atoms with Gasteiger partial charge in [0.25, 0.3) is 0 Å². The molecule has 3 heteroatoms. The summed E-state index contributed by atoms with van der Waals surface area (Å²) in [5.41, 5.74) is 2.47. The molecule has 21 heavy (non-hydrogen) atoms. The van der Waals surface area contributed by atoms with Crippen molar-refractivity contribution in [1.82, 2.24) is 10.2 Å². The fourth-order valence-corrected chi connectivity index (χ4v) is 3.89. The Kier molecular flexibility index (Phi) is 4.51. The zero-order valence-corrected chi connectivity index (χ0v) is 13.6. The van der Waals surface area contributed by atoms with Gasteiger partial charge in [0.05, 0.1) is 0 Å². The molecule has 0 aliphatic carbocycles. The second kappa shape index (κ2) is 6.37. The highest BCUT2D eigenvalue weighted by atomic mass is 16.5. The summed E-state index contributed by atoms with van der Waals surface area (Å²) in [6.45, 7) is 6.03. The summed E-state index contributed by atoms with van der Waals surface area (Å²) in [7, 11) is 2.25. The number of para-hydroxylation sites is 1. The summed E-state index contributed by atoms with van der Waals surface area (Å²) in [6.07, 6.45) is 5.34. The van der Waals surface area contributed by atoms with Gasteiger partial charge in [-0.15, -0.1) is 0 Å². The molecule has 1 N–H and O–H groups in total. The zero-order chi connectivity index (χ0) is 14.8. The van der Waals surface area contributed by atoms with Crippen molar-refractivity contribution in [3.8, 4) is 5.75 Å². The van der Waals surface area contributed by atoms with Crippen LogP contribution in [0.15, 0.2) is 18.2 Å². The number of hydrogen-bond acceptors (Lipinski definition) is 3. The third-order valence-corrected chi connectivity index (χ3v) is 5.17. The molecule has 0 radical (unpaired) electrons. The van der Waals surface area contributed by atoms with Gasteiger partial charge in [-0.25, -0.2) is 0 Å². The Bertz CT molecular complexity index is 456. The Hall–Kier alpha value is -1.06. The van der Waals surface area contributed by atoms with E-state index in [1.54, 1.807) is 0 Å². The number of likely N-dealkylation sites (N-methyl/N-ethyl adjacent to an activating group) is 1. The van der Waals surface area contributed by atoms with Crippen LogP contribution in [0.2, 0.25) is 0 Å². The summed E-state index contributed by atoms with van der Waals surface area (Å²) in [4.78, 5) is 2.50. The van der Waals surface area contributed by atoms with Gasteiger partial charge in [-0.2, -0.15) is 0 Å². The van der Waals surface area contributed by atoms with Crippen molar-refractivity contribution in [2.45, 2.75) is 57.7 Å². The minimum atomic E-state index is 0.727. The van der Waals surface area contributed by atoms with Crippen molar-refractivity contribution < 1.29 is 4.74 Å². The summed E-state index contributed by atoms with van der Waals surface area (Å²) in [5, 5.41) is 3.71. The zero-order valence-electron chi connectivity index (χ0n) is 13.6. The number of benzene rings is 1. The Labute approximate surface area is 128 Å². The molecule has 0 spiro atoms. The Morgan fingerprint density at radius 3 is 2.38 bits per heavy atom. The van der Waals surface area contributed by atoms with Gasteiger partial charge >= 0.3 is 0 Å². The molecule has 1 aromatic carbocycles. The van der Waals surface area contributed by atoms with Crippen molar-refractivity contribution in [3.05, 3.63) is 29.3 Å². The average Bonchev–Trinajstić information content (AvgIpc) is 2.80. The molecule has 0 aromatic heterocycles. The molecule has 0 amide bonds. The minimum Gasteiger partial charge on any atom is -0.492 e. The molecule has 2 atom stereocenters. The van der Waals surface area contributed by atoms with E-state index in [0.29, 0.717) is 0 Å². The second-order valence-corrected chi connectivity index (χ2v) is 6.81. The molecule has 2 unspecified atom stereocenters. The van der Waals surface area contributed by atoms with E-state index in [1.807, 2.05) is 0 Å². The molecule has 0 saturated carbocycles. The number of nitrogens with zero attached hydrogens (tertiary/aromatic N) is 1. The number of nitrogens with one attached hydrogen (secondary N) is 1. The van der Waals surface area contributed by atoms with Crippen LogP contribution in [0.4, 0.5) is 0 Å². The van der Waals surface area contributed by atoms with Gasteiger partial charge < -0.3 is 10.1 Å². The fraction of sp³-hybridized carbons (Fsp3) is 0.667. The van der Waals surface area contributed by atoms with Crippen molar-refractivity contribution in [2.75, 3.05) is 20.2 Å². The molecular weight excluding hydrogens is 260 g/mol. The quantitative estimate of drug-likeness (QED) is 0.901. The van der Waals surface area contributed by atoms with Crippen LogP contribution in [-0.4, -0.2) is 43.2 Å². The average molecular weight is 288 g/mol. The molecule has 3 rings (SSSR count). The van der Waals surface area contributed by atoms with Crippen LogP contribution in [0.3, 0.4) is 0 Å². The molecule has 1 aromatic rings. The van der Waals surface area contributed by atoms with E-state index in [0.717, 1.165) is 37.0 Å². The Morgan fingerprint density at radius 1 is 1.14 bits per heavy atom. The van der Waals surface area contributed by atoms with Crippen LogP contribution in [0.5, 0.6) is 5.75 Å². The maximum atomic E-state index is 6.04. The third-order valence-electron chi connectivity index (χ3n) is 5.17. The molecule has 2 saturated heterocycles. The van der Waals surface area contributed by atoms with Crippen molar-refractivity contribution in [3.63, 3.8) is 0 Å². The lowest BCUT2D eigenvalue weighted by molar-refractivity contribution is 0.146. The van der Waals surface area contributed by atoms with E-state index in [9.17, 15) is 0 Å². The van der Waals surface area contributed by atoms with E-state index in [-0.39, 0.29) is 0 Å². The van der Waals surface area contributed by atoms with Crippen LogP contribution in [0.1, 0.15) is 36.8 Å². The lowest BCUT2D eigenvalue weighted by Crippen LogP contribution is -2.47. The van der Waals surface area contributed by atoms with E-state index < -0.39 is 0 Å². The van der Waals surface area contributed by atoms with Crippen molar-refractivity contribution in [1.29, 1.82) is 0 Å². The predicted molar refractivity (Wildman–Crippen MR) is 87.0 cm³/mol. The van der Waals surface area contributed by atoms with E-state index in [2.05, 4.69) is 49.3 Å². The van der Waals surface area contributed by atoms with Gasteiger partial charge in [-0.05, 0) is 57.7 Å². The molecule has 2 fully saturated rings. The normalized spacial score (nSPS) is 28.1. The van der Waals surface area contributed by atoms with Gasteiger partial charge in [-0.1, -0.05) is 18.2 Å². The first-order valence-corrected chi connectivity index (χ1v) is 8.29. The van der Waals surface area contributed by atoms with Crippen LogP contribution in [0.25, 0.3) is 0 Å². The van der Waals surface area contributed by atoms with Crippen LogP contribution in [0, 0.1) is 13.8 Å². The van der Waals surface area contributed by atoms with Gasteiger partial charge in [0.1, 0.15) is 12.4 Å². The number of fused-ring (bicyclic) bond motifs is 2. The maximum Gasteiger partial charge on any atom is 0.125 e. The van der Waals surface area contributed by atoms with Crippen molar-refractivity contribution in [2.24, 2.45) is 0 Å². The SMILES string of the molecule is Cc1cccc(C)c1OCCN(C)C1CC2CCC(C1)N2. The van der Waals surface area contributed by atoms with E-state index in [4.69, 9.17) is 4.74 Å². The monoisotopic (exact) mass is 288 g/mol. The van der Waals surface area contributed by atoms with Crippen LogP contribution < -0.4 is 10.1 Å². The molecule has 2 heterocycles. The highest BCUT2D eigenvalue weighted by Gasteiger charge is 2.34. The number of hydrogen-bond donors (Lipinski definition) is 1. The minimum absolute atomic E-state index is 0.727. The Balaban J connectivity index is 1.49. The predicted octanol–water partition coefficient (Wildman–Crippen LogP) is 2.90. The van der Waals surface area contributed by atoms with Gasteiger partial charge in [0.15, 0.2) is 0 Å². The second-order valence-electron chi connectivity index (χ2n) is 6.81. The smallest absolute Gasteiger partial charge is 0.125 e. The van der Waals surface area contributed by atoms with Crippen LogP contribution >= 0.6 is 0 Å². The molecule has 3 nitrogen and oxygen atoms in total. The third kappa shape index (κ3) is 3.41. The summed E-state index contributed by atoms with van der Waals surface area (Å²) >= 11 is 0. The topological polar surface area (TPSA) is 24.5 Å². The van der Waals surface area contributed by atoms with Crippen molar-refractivity contribution >= 4 is 0 Å². The van der Waals surface area contributed by atoms with Gasteiger partial charge in [0, 0.05) is 24.7 Å². The maximum absolute atomic E-state index is 6.04. The molecule has 2 bridgehead atoms. The van der Waals surface area contributed by atoms with Crippen LogP contribution in [-0.2, 0) is 0 Å². The number of piperidine rings is 1. The first-order valence-electron chi connectivity index (χ1n) is 8.29. The summed E-state index contributed by atoms with van der Waals surface area (Å²) < 4.78 is 6.04. The van der Waals surface area contributed by atoms with E-state index >= 15 is 0 Å². The molecule has 2 aliphatic heterocycles. The number of ether oxygens (including phenoxy) is 1. The summed E-state index contributed by atoms with van der Waals surface area (Å²) in [6, 6.07) is 8.58. The number of aryl methyl sites for hydroxylation is 2.